The molecule has 4 rings (SSSR count). The first-order valence-corrected chi connectivity index (χ1v) is 12.8. The van der Waals surface area contributed by atoms with Crippen LogP contribution in [0.5, 0.6) is 0 Å². The lowest BCUT2D eigenvalue weighted by Crippen LogP contribution is -2.36. The second-order valence-electron chi connectivity index (χ2n) is 9.36. The highest BCUT2D eigenvalue weighted by Crippen LogP contribution is 2.35. The quantitative estimate of drug-likeness (QED) is 0.276. The van der Waals surface area contributed by atoms with Gasteiger partial charge < -0.3 is 20.4 Å². The Labute approximate surface area is 222 Å². The molecule has 204 valence electrons. The van der Waals surface area contributed by atoms with Crippen LogP contribution in [0.1, 0.15) is 55.1 Å². The first-order chi connectivity index (χ1) is 18.0. The molecule has 0 saturated carbocycles. The molecule has 0 radical (unpaired) electrons. The summed E-state index contributed by atoms with van der Waals surface area (Å²) in [6, 6.07) is 10.2. The maximum Gasteiger partial charge on any atom is 0.416 e. The van der Waals surface area contributed by atoms with Gasteiger partial charge in [-0.3, -0.25) is 4.79 Å². The van der Waals surface area contributed by atoms with Crippen molar-refractivity contribution in [3.8, 4) is 0 Å². The average molecular weight is 528 g/mol. The average Bonchev–Trinajstić information content (AvgIpc) is 3.20. The summed E-state index contributed by atoms with van der Waals surface area (Å²) in [6.45, 7) is 12.2. The molecule has 8 heteroatoms. The van der Waals surface area contributed by atoms with Gasteiger partial charge in [-0.2, -0.15) is 13.2 Å². The van der Waals surface area contributed by atoms with Crippen LogP contribution in [0.15, 0.2) is 48.6 Å². The molecule has 2 aromatic carbocycles. The number of aryl methyl sites for hydroxylation is 2. The number of hydrogen-bond acceptors (Lipinski definition) is 3. The third-order valence-corrected chi connectivity index (χ3v) is 6.44. The fraction of sp³-hybridized carbons (Fsp3) is 0.367. The summed E-state index contributed by atoms with van der Waals surface area (Å²) in [5.74, 6) is -0.671. The number of benzene rings is 2. The zero-order chi connectivity index (χ0) is 28.0. The van der Waals surface area contributed by atoms with Crippen LogP contribution < -0.4 is 10.6 Å². The van der Waals surface area contributed by atoms with Crippen LogP contribution in [0.3, 0.4) is 0 Å². The number of allylic oxidation sites excluding steroid dienone is 3. The SMILES string of the molecule is C/C=C(/C=C(/C(N)=O)c1[nH]c2cc(N3CCOCC3)ccc2c1C)c1ccc(C)c(C(F)(F)F)c1.CCC. The minimum absolute atomic E-state index is 0.137. The fourth-order valence-corrected chi connectivity index (χ4v) is 4.48. The van der Waals surface area contributed by atoms with Crippen LogP contribution in [0.25, 0.3) is 22.0 Å². The van der Waals surface area contributed by atoms with Crippen LogP contribution in [-0.4, -0.2) is 37.2 Å². The molecule has 0 atom stereocenters. The zero-order valence-corrected chi connectivity index (χ0v) is 22.6. The molecule has 5 nitrogen and oxygen atoms in total. The number of fused-ring (bicyclic) bond motifs is 1. The summed E-state index contributed by atoms with van der Waals surface area (Å²) in [4.78, 5) is 18.1. The van der Waals surface area contributed by atoms with Crippen molar-refractivity contribution in [2.45, 2.75) is 47.2 Å². The molecule has 1 aliphatic rings. The first-order valence-electron chi connectivity index (χ1n) is 12.8. The predicted molar refractivity (Wildman–Crippen MR) is 149 cm³/mol. The number of primary amides is 1. The number of aromatic amines is 1. The molecule has 2 heterocycles. The van der Waals surface area contributed by atoms with Gasteiger partial charge in [0.25, 0.3) is 5.91 Å². The number of nitrogens with one attached hydrogen (secondary N) is 1. The molecular formula is C30H36F3N3O2. The van der Waals surface area contributed by atoms with E-state index in [0.717, 1.165) is 41.3 Å². The number of morpholine rings is 1. The highest BCUT2D eigenvalue weighted by atomic mass is 19.4. The summed E-state index contributed by atoms with van der Waals surface area (Å²) in [5.41, 5.74) is 9.50. The minimum atomic E-state index is -4.47. The largest absolute Gasteiger partial charge is 0.416 e. The molecule has 0 unspecified atom stereocenters. The number of carbonyl (C=O) groups is 1. The Kier molecular flexibility index (Phi) is 9.44. The Hall–Kier alpha value is -3.52. The van der Waals surface area contributed by atoms with Gasteiger partial charge in [-0.15, -0.1) is 0 Å². The van der Waals surface area contributed by atoms with Gasteiger partial charge in [0.1, 0.15) is 0 Å². The van der Waals surface area contributed by atoms with E-state index in [4.69, 9.17) is 10.5 Å². The van der Waals surface area contributed by atoms with Crippen molar-refractivity contribution < 1.29 is 22.7 Å². The van der Waals surface area contributed by atoms with Gasteiger partial charge in [-0.25, -0.2) is 0 Å². The number of amides is 1. The van der Waals surface area contributed by atoms with Gasteiger partial charge >= 0.3 is 6.18 Å². The Morgan fingerprint density at radius 1 is 1.11 bits per heavy atom. The number of nitrogens with two attached hydrogens (primary N) is 1. The smallest absolute Gasteiger partial charge is 0.378 e. The number of rotatable bonds is 5. The van der Waals surface area contributed by atoms with Crippen LogP contribution >= 0.6 is 0 Å². The third-order valence-electron chi connectivity index (χ3n) is 6.44. The van der Waals surface area contributed by atoms with E-state index in [1.54, 1.807) is 25.1 Å². The lowest BCUT2D eigenvalue weighted by atomic mass is 9.96. The van der Waals surface area contributed by atoms with E-state index in [1.807, 2.05) is 25.1 Å². The van der Waals surface area contributed by atoms with E-state index in [0.29, 0.717) is 30.0 Å². The van der Waals surface area contributed by atoms with Crippen LogP contribution in [-0.2, 0) is 15.7 Å². The summed E-state index contributed by atoms with van der Waals surface area (Å²) in [7, 11) is 0. The van der Waals surface area contributed by atoms with Crippen LogP contribution in [0, 0.1) is 13.8 Å². The van der Waals surface area contributed by atoms with Gasteiger partial charge in [-0.05, 0) is 67.3 Å². The number of aromatic nitrogens is 1. The van der Waals surface area contributed by atoms with Gasteiger partial charge in [0, 0.05) is 29.7 Å². The number of anilines is 1. The Bertz CT molecular complexity index is 1350. The monoisotopic (exact) mass is 527 g/mol. The number of halogens is 3. The van der Waals surface area contributed by atoms with E-state index in [2.05, 4.69) is 23.7 Å². The molecule has 0 aliphatic carbocycles. The van der Waals surface area contributed by atoms with Crippen molar-refractivity contribution >= 4 is 33.6 Å². The van der Waals surface area contributed by atoms with E-state index in [1.165, 1.54) is 19.4 Å². The van der Waals surface area contributed by atoms with E-state index < -0.39 is 17.6 Å². The molecule has 3 N–H and O–H groups in total. The van der Waals surface area contributed by atoms with Crippen LogP contribution in [0.4, 0.5) is 18.9 Å². The van der Waals surface area contributed by atoms with Crippen molar-refractivity contribution in [2.75, 3.05) is 31.2 Å². The number of nitrogens with zero attached hydrogens (tertiary/aromatic N) is 1. The molecule has 1 amide bonds. The fourth-order valence-electron chi connectivity index (χ4n) is 4.48. The maximum absolute atomic E-state index is 13.5. The number of H-pyrrole nitrogens is 1. The number of carbonyl (C=O) groups excluding carboxylic acids is 1. The molecule has 1 aromatic heterocycles. The Balaban J connectivity index is 0.00000127. The lowest BCUT2D eigenvalue weighted by molar-refractivity contribution is -0.138. The van der Waals surface area contributed by atoms with Gasteiger partial charge in [0.15, 0.2) is 0 Å². The third kappa shape index (κ3) is 6.48. The van der Waals surface area contributed by atoms with Crippen molar-refractivity contribution in [1.29, 1.82) is 0 Å². The molecule has 0 bridgehead atoms. The second kappa shape index (κ2) is 12.3. The number of alkyl halides is 3. The normalized spacial score (nSPS) is 14.9. The Morgan fingerprint density at radius 3 is 2.34 bits per heavy atom. The van der Waals surface area contributed by atoms with Gasteiger partial charge in [0.05, 0.1) is 30.0 Å². The molecule has 1 aliphatic heterocycles. The molecule has 0 spiro atoms. The lowest BCUT2D eigenvalue weighted by Gasteiger charge is -2.28. The van der Waals surface area contributed by atoms with Crippen molar-refractivity contribution in [3.63, 3.8) is 0 Å². The standard InChI is InChI=1S/C27H28F3N3O2.C3H8/c1-4-18(19-6-5-16(2)23(14-19)27(28,29)30)13-22(26(31)34)25-17(3)21-8-7-20(15-24(21)32-25)33-9-11-35-12-10-33;1-3-2/h4-8,13-15,32H,9-12H2,1-3H3,(H2,31,34);3H2,1-2H3/b18-4-,22-13+;. The van der Waals surface area contributed by atoms with E-state index in [-0.39, 0.29) is 11.1 Å². The van der Waals surface area contributed by atoms with E-state index >= 15 is 0 Å². The summed E-state index contributed by atoms with van der Waals surface area (Å²) in [6.07, 6.45) is -0.00281. The first kappa shape index (κ1) is 29.0. The maximum atomic E-state index is 13.5. The van der Waals surface area contributed by atoms with Gasteiger partial charge in [0.2, 0.25) is 0 Å². The van der Waals surface area contributed by atoms with Crippen molar-refractivity contribution in [3.05, 3.63) is 76.5 Å². The topological polar surface area (TPSA) is 71.4 Å². The molecule has 1 saturated heterocycles. The van der Waals surface area contributed by atoms with Crippen molar-refractivity contribution in [2.24, 2.45) is 5.73 Å². The molecule has 1 fully saturated rings. The minimum Gasteiger partial charge on any atom is -0.378 e. The van der Waals surface area contributed by atoms with Gasteiger partial charge in [-0.1, -0.05) is 44.5 Å². The van der Waals surface area contributed by atoms with Crippen molar-refractivity contribution in [1.82, 2.24) is 4.98 Å². The molecule has 3 aromatic rings. The molecule has 38 heavy (non-hydrogen) atoms. The predicted octanol–water partition coefficient (Wildman–Crippen LogP) is 7.03. The zero-order valence-electron chi connectivity index (χ0n) is 22.6. The summed E-state index contributed by atoms with van der Waals surface area (Å²) < 4.78 is 45.8. The molecular weight excluding hydrogens is 491 g/mol. The highest BCUT2D eigenvalue weighted by molar-refractivity contribution is 6.21. The Morgan fingerprint density at radius 2 is 1.76 bits per heavy atom. The number of ether oxygens (including phenoxy) is 1. The summed E-state index contributed by atoms with van der Waals surface area (Å²) >= 11 is 0. The highest BCUT2D eigenvalue weighted by Gasteiger charge is 2.32. The van der Waals surface area contributed by atoms with E-state index in [9.17, 15) is 18.0 Å². The summed E-state index contributed by atoms with van der Waals surface area (Å²) in [5, 5.41) is 0.945. The number of hydrogen-bond donors (Lipinski definition) is 2. The second-order valence-corrected chi connectivity index (χ2v) is 9.36. The van der Waals surface area contributed by atoms with Crippen LogP contribution in [0.2, 0.25) is 0 Å².